The van der Waals surface area contributed by atoms with Crippen LogP contribution in [-0.4, -0.2) is 38.2 Å². The maximum Gasteiger partial charge on any atom is 1.00 e. The van der Waals surface area contributed by atoms with Crippen LogP contribution in [0.3, 0.4) is 0 Å². The molecule has 2 unspecified atom stereocenters. The molecule has 1 aliphatic rings. The van der Waals surface area contributed by atoms with E-state index in [1.807, 2.05) is 0 Å². The molecule has 86 valence electrons. The third kappa shape index (κ3) is 2.53. The van der Waals surface area contributed by atoms with Crippen molar-refractivity contribution < 1.29 is 28.1 Å². The third-order valence-electron chi connectivity index (χ3n) is 1.97. The summed E-state index contributed by atoms with van der Waals surface area (Å²) in [5.74, 6) is -1.42. The van der Waals surface area contributed by atoms with E-state index in [1.54, 1.807) is 0 Å². The molecular formula is C7H12NO6S+. The summed E-state index contributed by atoms with van der Waals surface area (Å²) >= 11 is 0. The maximum atomic E-state index is 11.0. The van der Waals surface area contributed by atoms with Crippen LogP contribution in [0.2, 0.25) is 0 Å². The fourth-order valence-electron chi connectivity index (χ4n) is 1.24. The highest BCUT2D eigenvalue weighted by atomic mass is 32.3. The van der Waals surface area contributed by atoms with Crippen molar-refractivity contribution in [2.45, 2.75) is 18.1 Å². The highest BCUT2D eigenvalue weighted by Crippen LogP contribution is 2.28. The summed E-state index contributed by atoms with van der Waals surface area (Å²) in [6, 6.07) is -0.548. The molecule has 1 aliphatic carbocycles. The number of hydrogen-bond acceptors (Lipinski definition) is 6. The number of hydrogen-bond donors (Lipinski definition) is 2. The third-order valence-corrected chi connectivity index (χ3v) is 2.88. The zero-order valence-corrected chi connectivity index (χ0v) is 8.73. The van der Waals surface area contributed by atoms with Crippen molar-refractivity contribution in [2.75, 3.05) is 7.11 Å². The van der Waals surface area contributed by atoms with Gasteiger partial charge in [0.25, 0.3) is 0 Å². The minimum atomic E-state index is -4.32. The van der Waals surface area contributed by atoms with Crippen LogP contribution in [0.1, 0.15) is 7.85 Å². The van der Waals surface area contributed by atoms with Crippen LogP contribution in [-0.2, 0) is 23.6 Å². The first-order chi connectivity index (χ1) is 6.81. The van der Waals surface area contributed by atoms with E-state index in [4.69, 9.17) is 10.8 Å². The predicted octanol–water partition coefficient (Wildman–Crippen LogP) is -0.883. The molecule has 0 aromatic carbocycles. The Kier molecular flexibility index (Phi) is 3.14. The van der Waals surface area contributed by atoms with Crippen LogP contribution >= 0.6 is 0 Å². The Labute approximate surface area is 88.3 Å². The zero-order valence-electron chi connectivity index (χ0n) is 8.91. The molecule has 0 heterocycles. The second-order valence-corrected chi connectivity index (χ2v) is 4.40. The van der Waals surface area contributed by atoms with E-state index in [0.717, 1.165) is 13.2 Å². The molecule has 0 spiro atoms. The molecule has 0 aliphatic heterocycles. The van der Waals surface area contributed by atoms with Crippen molar-refractivity contribution in [3.8, 4) is 0 Å². The van der Waals surface area contributed by atoms with Crippen molar-refractivity contribution >= 4 is 16.4 Å². The van der Waals surface area contributed by atoms with Gasteiger partial charge < -0.3 is 10.8 Å². The van der Waals surface area contributed by atoms with Crippen LogP contribution in [0, 0.1) is 0 Å². The minimum Gasteiger partial charge on any atom is -0.479 e. The van der Waals surface area contributed by atoms with Crippen LogP contribution in [0.15, 0.2) is 12.2 Å². The fraction of sp³-hybridized carbons (Fsp3) is 0.571. The van der Waals surface area contributed by atoms with E-state index < -0.39 is 28.0 Å². The van der Waals surface area contributed by atoms with Gasteiger partial charge in [0.15, 0.2) is 0 Å². The number of nitrogens with two attached hydrogens (primary N) is 1. The van der Waals surface area contributed by atoms with E-state index >= 15 is 0 Å². The van der Waals surface area contributed by atoms with E-state index in [9.17, 15) is 13.2 Å². The lowest BCUT2D eigenvalue weighted by molar-refractivity contribution is -0.151. The molecule has 15 heavy (non-hydrogen) atoms. The zero-order chi connectivity index (χ0) is 11.7. The molecule has 0 bridgehead atoms. The first kappa shape index (κ1) is 12.1. The average molecular weight is 238 g/mol. The molecule has 2 atom stereocenters. The van der Waals surface area contributed by atoms with E-state index in [0.29, 0.717) is 0 Å². The quantitative estimate of drug-likeness (QED) is 0.610. The van der Waals surface area contributed by atoms with Crippen LogP contribution < -0.4 is 5.73 Å². The molecule has 0 fully saturated rings. The van der Waals surface area contributed by atoms with Gasteiger partial charge in [-0.15, -0.1) is 0 Å². The molecule has 0 aromatic heterocycles. The molecule has 7 nitrogen and oxygen atoms in total. The molecule has 0 saturated carbocycles. The Morgan fingerprint density at radius 1 is 1.73 bits per heavy atom. The normalized spacial score (nSPS) is 30.7. The number of aliphatic carboxylic acids is 1. The summed E-state index contributed by atoms with van der Waals surface area (Å²) in [5.41, 5.74) is 3.49. The van der Waals surface area contributed by atoms with Crippen LogP contribution in [0.25, 0.3) is 0 Å². The average Bonchev–Trinajstić information content (AvgIpc) is 2.48. The maximum absolute atomic E-state index is 11.0. The highest BCUT2D eigenvalue weighted by Gasteiger charge is 2.46. The second-order valence-electron chi connectivity index (χ2n) is 3.08. The SMILES string of the molecule is COS(=O)(=O)OC1(C(=O)O)C=CC(N)C1.[H+]. The van der Waals surface area contributed by atoms with Gasteiger partial charge >= 0.3 is 17.8 Å². The molecule has 8 heteroatoms. The van der Waals surface area contributed by atoms with Crippen molar-refractivity contribution in [3.63, 3.8) is 0 Å². The summed E-state index contributed by atoms with van der Waals surface area (Å²) in [6.45, 7) is 0. The minimum absolute atomic E-state index is 0. The van der Waals surface area contributed by atoms with E-state index in [1.165, 1.54) is 6.08 Å². The van der Waals surface area contributed by atoms with Crippen molar-refractivity contribution in [1.29, 1.82) is 0 Å². The summed E-state index contributed by atoms with van der Waals surface area (Å²) in [7, 11) is -3.44. The standard InChI is InChI=1S/C7H11NO6S/c1-13-15(11,12)14-7(6(9)10)3-2-5(8)4-7/h2-3,5H,4,8H2,1H3,(H,9,10)/p+1. The van der Waals surface area contributed by atoms with Crippen molar-refractivity contribution in [2.24, 2.45) is 5.73 Å². The fourth-order valence-corrected chi connectivity index (χ4v) is 1.86. The Bertz CT molecular complexity index is 394. The van der Waals surface area contributed by atoms with Gasteiger partial charge in [0.1, 0.15) is 0 Å². The molecule has 0 aromatic rings. The van der Waals surface area contributed by atoms with Gasteiger partial charge in [-0.3, -0.25) is 4.18 Å². The predicted molar refractivity (Wildman–Crippen MR) is 50.2 cm³/mol. The van der Waals surface area contributed by atoms with Gasteiger partial charge in [-0.2, -0.15) is 8.42 Å². The lowest BCUT2D eigenvalue weighted by Gasteiger charge is -2.21. The smallest absolute Gasteiger partial charge is 0.479 e. The Balaban J connectivity index is 0.00000225. The summed E-state index contributed by atoms with van der Waals surface area (Å²) in [4.78, 5) is 10.9. The topological polar surface area (TPSA) is 116 Å². The molecule has 1 rings (SSSR count). The van der Waals surface area contributed by atoms with Crippen molar-refractivity contribution in [3.05, 3.63) is 12.2 Å². The number of rotatable bonds is 4. The first-order valence-corrected chi connectivity index (χ1v) is 5.34. The van der Waals surface area contributed by atoms with E-state index in [2.05, 4.69) is 8.37 Å². The highest BCUT2D eigenvalue weighted by molar-refractivity contribution is 7.81. The summed E-state index contributed by atoms with van der Waals surface area (Å²) in [5, 5.41) is 8.89. The number of carbonyl (C=O) groups is 1. The first-order valence-electron chi connectivity index (χ1n) is 4.01. The van der Waals surface area contributed by atoms with Gasteiger partial charge in [0, 0.05) is 12.5 Å². The van der Waals surface area contributed by atoms with Gasteiger partial charge in [-0.1, -0.05) is 6.08 Å². The van der Waals surface area contributed by atoms with Gasteiger partial charge in [0.05, 0.1) is 7.11 Å². The Morgan fingerprint density at radius 3 is 2.67 bits per heavy atom. The molecule has 0 amide bonds. The summed E-state index contributed by atoms with van der Waals surface area (Å²) in [6.07, 6.45) is 2.33. The largest absolute Gasteiger partial charge is 1.00 e. The Hall–Kier alpha value is -0.960. The number of carboxylic acid groups (broad SMARTS) is 1. The van der Waals surface area contributed by atoms with Crippen molar-refractivity contribution in [1.82, 2.24) is 0 Å². The second kappa shape index (κ2) is 3.89. The van der Waals surface area contributed by atoms with Gasteiger partial charge in [0.2, 0.25) is 5.60 Å². The lowest BCUT2D eigenvalue weighted by atomic mass is 10.0. The molecule has 0 saturated heterocycles. The van der Waals surface area contributed by atoms with Gasteiger partial charge in [-0.25, -0.2) is 8.98 Å². The molecule has 0 radical (unpaired) electrons. The monoisotopic (exact) mass is 238 g/mol. The van der Waals surface area contributed by atoms with E-state index in [-0.39, 0.29) is 7.85 Å². The number of carboxylic acids is 1. The van der Waals surface area contributed by atoms with Crippen LogP contribution in [0.4, 0.5) is 0 Å². The lowest BCUT2D eigenvalue weighted by Crippen LogP contribution is -2.42. The molecular weight excluding hydrogens is 226 g/mol. The molecule has 3 N–H and O–H groups in total. The van der Waals surface area contributed by atoms with Crippen LogP contribution in [0.5, 0.6) is 0 Å². The van der Waals surface area contributed by atoms with Gasteiger partial charge in [-0.05, 0) is 6.08 Å². The Morgan fingerprint density at radius 2 is 2.33 bits per heavy atom. The summed E-state index contributed by atoms with van der Waals surface area (Å²) < 4.78 is 30.5.